The highest BCUT2D eigenvalue weighted by Gasteiger charge is 2.32. The van der Waals surface area contributed by atoms with Gasteiger partial charge in [0.25, 0.3) is 5.91 Å². The maximum Gasteiger partial charge on any atom is 0.251 e. The molecule has 0 saturated carbocycles. The van der Waals surface area contributed by atoms with Gasteiger partial charge in [0.2, 0.25) is 5.91 Å². The number of hydrogen-bond donors (Lipinski definition) is 2. The lowest BCUT2D eigenvalue weighted by Crippen LogP contribution is -2.53. The standard InChI is InChI=1S/C20H29N3O3.ClH/c1-14-4-2-3-5-17(14)19(24)22-16-6-10-23(11-7-16)20(25)18(21)15-8-12-26-13-9-15;/h2-5,15-16,18H,6-13,21H2,1H3,(H,22,24);1H. The third kappa shape index (κ3) is 5.43. The normalized spacial score (nSPS) is 19.9. The number of aryl methyl sites for hydroxylation is 1. The van der Waals surface area contributed by atoms with Crippen LogP contribution in [-0.2, 0) is 9.53 Å². The molecule has 0 aliphatic carbocycles. The van der Waals surface area contributed by atoms with Crippen molar-refractivity contribution in [2.75, 3.05) is 26.3 Å². The lowest BCUT2D eigenvalue weighted by Gasteiger charge is -2.36. The first-order valence-corrected chi connectivity index (χ1v) is 9.55. The van der Waals surface area contributed by atoms with Gasteiger partial charge in [0.15, 0.2) is 0 Å². The molecule has 150 valence electrons. The molecule has 0 spiro atoms. The van der Waals surface area contributed by atoms with Gasteiger partial charge in [0, 0.05) is 37.9 Å². The SMILES string of the molecule is Cc1ccccc1C(=O)NC1CCN(C(=O)C(N)C2CCOCC2)CC1.Cl. The maximum atomic E-state index is 12.7. The highest BCUT2D eigenvalue weighted by Crippen LogP contribution is 2.21. The molecule has 1 aromatic carbocycles. The zero-order valence-electron chi connectivity index (χ0n) is 15.9. The zero-order valence-corrected chi connectivity index (χ0v) is 16.7. The minimum Gasteiger partial charge on any atom is -0.381 e. The fraction of sp³-hybridized carbons (Fsp3) is 0.600. The van der Waals surface area contributed by atoms with E-state index in [1.54, 1.807) is 0 Å². The number of benzene rings is 1. The molecular weight excluding hydrogens is 366 g/mol. The molecule has 2 saturated heterocycles. The Bertz CT molecular complexity index is 641. The van der Waals surface area contributed by atoms with Gasteiger partial charge in [-0.05, 0) is 50.2 Å². The Morgan fingerprint density at radius 1 is 1.15 bits per heavy atom. The number of ether oxygens (including phenoxy) is 1. The zero-order chi connectivity index (χ0) is 18.5. The van der Waals surface area contributed by atoms with E-state index in [2.05, 4.69) is 5.32 Å². The molecule has 27 heavy (non-hydrogen) atoms. The fourth-order valence-electron chi connectivity index (χ4n) is 3.82. The molecule has 2 aliphatic heterocycles. The Morgan fingerprint density at radius 3 is 2.41 bits per heavy atom. The van der Waals surface area contributed by atoms with Crippen LogP contribution in [-0.4, -0.2) is 55.1 Å². The van der Waals surface area contributed by atoms with Crippen molar-refractivity contribution in [2.45, 2.75) is 44.7 Å². The van der Waals surface area contributed by atoms with E-state index in [-0.39, 0.29) is 36.2 Å². The number of carbonyl (C=O) groups excluding carboxylic acids is 2. The number of halogens is 1. The molecule has 0 radical (unpaired) electrons. The Hall–Kier alpha value is -1.63. The van der Waals surface area contributed by atoms with Gasteiger partial charge in [-0.3, -0.25) is 9.59 Å². The van der Waals surface area contributed by atoms with Gasteiger partial charge >= 0.3 is 0 Å². The van der Waals surface area contributed by atoms with E-state index in [0.717, 1.165) is 31.2 Å². The van der Waals surface area contributed by atoms with E-state index < -0.39 is 6.04 Å². The van der Waals surface area contributed by atoms with Crippen molar-refractivity contribution in [3.05, 3.63) is 35.4 Å². The second-order valence-corrected chi connectivity index (χ2v) is 7.36. The number of amides is 2. The van der Waals surface area contributed by atoms with Crippen LogP contribution in [0.1, 0.15) is 41.6 Å². The number of rotatable bonds is 4. The third-order valence-electron chi connectivity index (χ3n) is 5.59. The first-order valence-electron chi connectivity index (χ1n) is 9.55. The van der Waals surface area contributed by atoms with Crippen molar-refractivity contribution < 1.29 is 14.3 Å². The number of nitrogens with one attached hydrogen (secondary N) is 1. The molecule has 3 rings (SSSR count). The van der Waals surface area contributed by atoms with Crippen LogP contribution in [0.4, 0.5) is 0 Å². The average Bonchev–Trinajstić information content (AvgIpc) is 2.68. The summed E-state index contributed by atoms with van der Waals surface area (Å²) in [6, 6.07) is 7.26. The van der Waals surface area contributed by atoms with E-state index in [4.69, 9.17) is 10.5 Å². The van der Waals surface area contributed by atoms with Crippen LogP contribution in [0.25, 0.3) is 0 Å². The van der Waals surface area contributed by atoms with Crippen molar-refractivity contribution >= 4 is 24.2 Å². The summed E-state index contributed by atoms with van der Waals surface area (Å²) in [4.78, 5) is 27.0. The van der Waals surface area contributed by atoms with E-state index in [1.165, 1.54) is 0 Å². The Morgan fingerprint density at radius 2 is 1.78 bits per heavy atom. The van der Waals surface area contributed by atoms with E-state index in [9.17, 15) is 9.59 Å². The van der Waals surface area contributed by atoms with Crippen molar-refractivity contribution in [1.29, 1.82) is 0 Å². The molecule has 7 heteroatoms. The number of carbonyl (C=O) groups is 2. The molecular formula is C20H30ClN3O3. The predicted octanol–water partition coefficient (Wildman–Crippen LogP) is 1.89. The fourth-order valence-corrected chi connectivity index (χ4v) is 3.82. The van der Waals surface area contributed by atoms with Gasteiger partial charge in [-0.1, -0.05) is 18.2 Å². The van der Waals surface area contributed by atoms with Gasteiger partial charge in [-0.2, -0.15) is 0 Å². The molecule has 0 bridgehead atoms. The lowest BCUT2D eigenvalue weighted by molar-refractivity contribution is -0.135. The van der Waals surface area contributed by atoms with Crippen LogP contribution in [0.15, 0.2) is 24.3 Å². The van der Waals surface area contributed by atoms with Crippen LogP contribution in [0, 0.1) is 12.8 Å². The molecule has 1 aromatic rings. The smallest absolute Gasteiger partial charge is 0.251 e. The van der Waals surface area contributed by atoms with Crippen molar-refractivity contribution in [2.24, 2.45) is 11.7 Å². The second-order valence-electron chi connectivity index (χ2n) is 7.36. The van der Waals surface area contributed by atoms with Gasteiger partial charge in [0.05, 0.1) is 6.04 Å². The van der Waals surface area contributed by atoms with Gasteiger partial charge in [-0.25, -0.2) is 0 Å². The molecule has 2 heterocycles. The van der Waals surface area contributed by atoms with Gasteiger partial charge in [-0.15, -0.1) is 12.4 Å². The van der Waals surface area contributed by atoms with Crippen LogP contribution < -0.4 is 11.1 Å². The topological polar surface area (TPSA) is 84.7 Å². The highest BCUT2D eigenvalue weighted by molar-refractivity contribution is 5.95. The molecule has 1 atom stereocenters. The van der Waals surface area contributed by atoms with E-state index >= 15 is 0 Å². The summed E-state index contributed by atoms with van der Waals surface area (Å²) in [5.74, 6) is 0.224. The minimum atomic E-state index is -0.433. The summed E-state index contributed by atoms with van der Waals surface area (Å²) in [6.45, 7) is 4.62. The van der Waals surface area contributed by atoms with Crippen molar-refractivity contribution in [3.63, 3.8) is 0 Å². The van der Waals surface area contributed by atoms with Crippen molar-refractivity contribution in [3.8, 4) is 0 Å². The second kappa shape index (κ2) is 10.1. The third-order valence-corrected chi connectivity index (χ3v) is 5.59. The minimum absolute atomic E-state index is 0. The van der Waals surface area contributed by atoms with Gasteiger partial charge < -0.3 is 20.7 Å². The molecule has 2 amide bonds. The number of hydrogen-bond acceptors (Lipinski definition) is 4. The number of piperidine rings is 1. The van der Waals surface area contributed by atoms with Crippen LogP contribution in [0.3, 0.4) is 0 Å². The highest BCUT2D eigenvalue weighted by atomic mass is 35.5. The molecule has 1 unspecified atom stereocenters. The first kappa shape index (κ1) is 21.7. The summed E-state index contributed by atoms with van der Waals surface area (Å²) in [5, 5.41) is 3.10. The molecule has 6 nitrogen and oxygen atoms in total. The van der Waals surface area contributed by atoms with Gasteiger partial charge in [0.1, 0.15) is 0 Å². The van der Waals surface area contributed by atoms with Crippen LogP contribution in [0.5, 0.6) is 0 Å². The molecule has 3 N–H and O–H groups in total. The Kier molecular flexibility index (Phi) is 8.07. The first-order chi connectivity index (χ1) is 12.6. The van der Waals surface area contributed by atoms with E-state index in [1.807, 2.05) is 36.1 Å². The maximum absolute atomic E-state index is 12.7. The van der Waals surface area contributed by atoms with Crippen molar-refractivity contribution in [1.82, 2.24) is 10.2 Å². The quantitative estimate of drug-likeness (QED) is 0.815. The largest absolute Gasteiger partial charge is 0.381 e. The average molecular weight is 396 g/mol. The summed E-state index contributed by atoms with van der Waals surface area (Å²) in [6.07, 6.45) is 3.25. The van der Waals surface area contributed by atoms with E-state index in [0.29, 0.717) is 31.9 Å². The van der Waals surface area contributed by atoms with Crippen LogP contribution >= 0.6 is 12.4 Å². The monoisotopic (exact) mass is 395 g/mol. The Balaban J connectivity index is 0.00000261. The number of nitrogens with zero attached hydrogens (tertiary/aromatic N) is 1. The molecule has 2 aliphatic rings. The van der Waals surface area contributed by atoms with Crippen LogP contribution in [0.2, 0.25) is 0 Å². The molecule has 0 aromatic heterocycles. The number of nitrogens with two attached hydrogens (primary N) is 1. The summed E-state index contributed by atoms with van der Waals surface area (Å²) in [5.41, 5.74) is 7.90. The summed E-state index contributed by atoms with van der Waals surface area (Å²) < 4.78 is 5.35. The Labute approximate surface area is 167 Å². The number of likely N-dealkylation sites (tertiary alicyclic amines) is 1. The predicted molar refractivity (Wildman–Crippen MR) is 107 cm³/mol. The summed E-state index contributed by atoms with van der Waals surface area (Å²) in [7, 11) is 0. The summed E-state index contributed by atoms with van der Waals surface area (Å²) >= 11 is 0. The molecule has 2 fully saturated rings. The lowest BCUT2D eigenvalue weighted by atomic mass is 9.91.